The Morgan fingerprint density at radius 2 is 1.42 bits per heavy atom. The highest BCUT2D eigenvalue weighted by molar-refractivity contribution is 8.15. The maximum Gasteiger partial charge on any atom is 0.329 e. The molecule has 2 aromatic carbocycles. The van der Waals surface area contributed by atoms with E-state index in [1.54, 1.807) is 36.4 Å². The second-order valence-corrected chi connectivity index (χ2v) is 11.1. The molecule has 0 saturated carbocycles. The van der Waals surface area contributed by atoms with Crippen molar-refractivity contribution in [3.63, 3.8) is 0 Å². The van der Waals surface area contributed by atoms with Crippen molar-refractivity contribution in [3.8, 4) is 11.5 Å². The summed E-state index contributed by atoms with van der Waals surface area (Å²) in [6.07, 6.45) is 0. The number of thiazole rings is 2. The number of carboxylic acid groups (broad SMARTS) is 1. The highest BCUT2D eigenvalue weighted by Gasteiger charge is 2.26. The molecule has 9 nitrogen and oxygen atoms in total. The quantitative estimate of drug-likeness (QED) is 0.305. The normalized spacial score (nSPS) is 16.6. The summed E-state index contributed by atoms with van der Waals surface area (Å²) in [5, 5.41) is 30.4. The van der Waals surface area contributed by atoms with Gasteiger partial charge in [-0.25, -0.2) is 19.8 Å². The fourth-order valence-corrected chi connectivity index (χ4v) is 6.99. The van der Waals surface area contributed by atoms with Crippen LogP contribution in [0.25, 0.3) is 20.4 Å². The standard InChI is InChI=1S/C11H8N2O3S2.C10H6N2O2S2.2CH4/c14-5-1-2-6-8(3-5)18-10(12-6)9-13-7(4-17-9)11(15)16;13-5-1-2-6-7(3-5)16-10(11-6)9-12-8(14)4-15-9;;/h1-3,7,14H,4H2,(H,15,16);1-3,13H,4H2;2*1H4. The molecular weight excluding hydrogens is 541 g/mol. The van der Waals surface area contributed by atoms with Crippen molar-refractivity contribution < 1.29 is 24.9 Å². The zero-order valence-corrected chi connectivity index (χ0v) is 20.3. The van der Waals surface area contributed by atoms with Gasteiger partial charge in [-0.05, 0) is 36.4 Å². The van der Waals surface area contributed by atoms with Crippen LogP contribution < -0.4 is 0 Å². The van der Waals surface area contributed by atoms with Crippen LogP contribution in [0.3, 0.4) is 0 Å². The first-order chi connectivity index (χ1) is 16.4. The van der Waals surface area contributed by atoms with Crippen molar-refractivity contribution >= 4 is 88.6 Å². The third kappa shape index (κ3) is 5.86. The van der Waals surface area contributed by atoms with Crippen LogP contribution in [0.1, 0.15) is 24.9 Å². The monoisotopic (exact) mass is 562 g/mol. The Morgan fingerprint density at radius 3 is 1.89 bits per heavy atom. The Kier molecular flexibility index (Phi) is 8.71. The van der Waals surface area contributed by atoms with Crippen LogP contribution in [0.15, 0.2) is 46.4 Å². The largest absolute Gasteiger partial charge is 0.508 e. The van der Waals surface area contributed by atoms with Crippen molar-refractivity contribution in [3.05, 3.63) is 46.4 Å². The van der Waals surface area contributed by atoms with E-state index in [2.05, 4.69) is 20.0 Å². The van der Waals surface area contributed by atoms with Crippen LogP contribution in [0.2, 0.25) is 0 Å². The molecule has 0 bridgehead atoms. The zero-order chi connectivity index (χ0) is 23.8. The molecule has 0 aliphatic carbocycles. The fourth-order valence-electron chi connectivity index (χ4n) is 3.04. The van der Waals surface area contributed by atoms with Crippen LogP contribution in [0.5, 0.6) is 11.5 Å². The maximum absolute atomic E-state index is 11.0. The van der Waals surface area contributed by atoms with Gasteiger partial charge in [0.2, 0.25) is 0 Å². The van der Waals surface area contributed by atoms with Crippen LogP contribution in [-0.4, -0.2) is 64.8 Å². The van der Waals surface area contributed by atoms with E-state index >= 15 is 0 Å². The van der Waals surface area contributed by atoms with Gasteiger partial charge in [0.15, 0.2) is 6.04 Å². The van der Waals surface area contributed by atoms with E-state index in [4.69, 9.17) is 5.11 Å². The third-order valence-electron chi connectivity index (χ3n) is 4.60. The van der Waals surface area contributed by atoms with Crippen LogP contribution in [0.4, 0.5) is 0 Å². The Morgan fingerprint density at radius 1 is 0.861 bits per heavy atom. The number of aromatic nitrogens is 2. The number of phenolic OH excluding ortho intramolecular Hbond substituents is 2. The molecule has 4 aromatic rings. The molecule has 0 radical (unpaired) electrons. The molecular formula is C23H22N4O5S4. The number of thioether (sulfide) groups is 2. The highest BCUT2D eigenvalue weighted by Crippen LogP contribution is 2.32. The number of fused-ring (bicyclic) bond motifs is 2. The number of aliphatic carboxylic acids is 1. The molecule has 1 atom stereocenters. The summed E-state index contributed by atoms with van der Waals surface area (Å²) in [5.74, 6) is 0.253. The fraction of sp³-hybridized carbons (Fsp3) is 0.217. The van der Waals surface area contributed by atoms with Gasteiger partial charge in [-0.15, -0.1) is 34.4 Å². The lowest BCUT2D eigenvalue weighted by molar-refractivity contribution is -0.137. The van der Waals surface area contributed by atoms with Gasteiger partial charge in [-0.3, -0.25) is 9.79 Å². The summed E-state index contributed by atoms with van der Waals surface area (Å²) in [6.45, 7) is 0. The summed E-state index contributed by atoms with van der Waals surface area (Å²) in [7, 11) is 0. The van der Waals surface area contributed by atoms with E-state index in [-0.39, 0.29) is 32.3 Å². The first-order valence-corrected chi connectivity index (χ1v) is 13.3. The molecule has 1 amide bonds. The molecule has 13 heteroatoms. The predicted octanol–water partition coefficient (Wildman–Crippen LogP) is 5.24. The number of carbonyl (C=O) groups is 2. The van der Waals surface area contributed by atoms with Crippen molar-refractivity contribution in [2.45, 2.75) is 20.9 Å². The minimum Gasteiger partial charge on any atom is -0.508 e. The molecule has 1 unspecified atom stereocenters. The highest BCUT2D eigenvalue weighted by atomic mass is 32.2. The summed E-state index contributed by atoms with van der Waals surface area (Å²) in [5.41, 5.74) is 1.61. The molecule has 0 fully saturated rings. The predicted molar refractivity (Wildman–Crippen MR) is 150 cm³/mol. The average molecular weight is 563 g/mol. The van der Waals surface area contributed by atoms with Crippen molar-refractivity contribution in [2.75, 3.05) is 11.5 Å². The molecule has 2 aliphatic heterocycles. The number of hydrogen-bond donors (Lipinski definition) is 3. The second kappa shape index (κ2) is 11.4. The van der Waals surface area contributed by atoms with E-state index < -0.39 is 12.0 Å². The Balaban J connectivity index is 0.000000191. The molecule has 6 rings (SSSR count). The molecule has 2 aliphatic rings. The number of hydrogen-bond acceptors (Lipinski definition) is 11. The number of aromatic hydroxyl groups is 2. The first kappa shape index (κ1) is 27.6. The van der Waals surface area contributed by atoms with E-state index in [0.29, 0.717) is 26.6 Å². The SMILES string of the molecule is C.C.O=C(O)C1CSC(c2nc3ccc(O)cc3s2)=N1.O=C1CSC(c2nc3ccc(O)cc3s2)=N1. The molecule has 0 saturated heterocycles. The lowest BCUT2D eigenvalue weighted by Gasteiger charge is -1.93. The number of nitrogens with zero attached hydrogens (tertiary/aromatic N) is 4. The summed E-state index contributed by atoms with van der Waals surface area (Å²) >= 11 is 5.66. The molecule has 3 N–H and O–H groups in total. The first-order valence-electron chi connectivity index (χ1n) is 9.73. The van der Waals surface area contributed by atoms with Gasteiger partial charge >= 0.3 is 5.97 Å². The smallest absolute Gasteiger partial charge is 0.329 e. The van der Waals surface area contributed by atoms with E-state index in [1.807, 2.05) is 0 Å². The number of phenols is 2. The van der Waals surface area contributed by atoms with Gasteiger partial charge in [0, 0.05) is 5.75 Å². The Bertz CT molecular complexity index is 1510. The van der Waals surface area contributed by atoms with Gasteiger partial charge in [0.25, 0.3) is 5.91 Å². The van der Waals surface area contributed by atoms with Crippen LogP contribution in [-0.2, 0) is 9.59 Å². The topological polar surface area (TPSA) is 145 Å². The van der Waals surface area contributed by atoms with Gasteiger partial charge in [0.1, 0.15) is 31.6 Å². The van der Waals surface area contributed by atoms with E-state index in [1.165, 1.54) is 46.2 Å². The van der Waals surface area contributed by atoms with Gasteiger partial charge < -0.3 is 15.3 Å². The zero-order valence-electron chi connectivity index (χ0n) is 17.0. The van der Waals surface area contributed by atoms with Crippen LogP contribution in [0, 0.1) is 0 Å². The number of aliphatic imine (C=N–C) groups is 2. The summed E-state index contributed by atoms with van der Waals surface area (Å²) in [4.78, 5) is 38.7. The van der Waals surface area contributed by atoms with Gasteiger partial charge in [0.05, 0.1) is 26.2 Å². The summed E-state index contributed by atoms with van der Waals surface area (Å²) in [6, 6.07) is 9.30. The maximum atomic E-state index is 11.0. The minimum atomic E-state index is -0.906. The summed E-state index contributed by atoms with van der Waals surface area (Å²) < 4.78 is 1.77. The third-order valence-corrected chi connectivity index (χ3v) is 8.92. The van der Waals surface area contributed by atoms with Crippen molar-refractivity contribution in [1.29, 1.82) is 0 Å². The van der Waals surface area contributed by atoms with E-state index in [9.17, 15) is 19.8 Å². The van der Waals surface area contributed by atoms with E-state index in [0.717, 1.165) is 25.4 Å². The van der Waals surface area contributed by atoms with Gasteiger partial charge in [-0.2, -0.15) is 0 Å². The number of carboxylic acids is 1. The minimum absolute atomic E-state index is 0. The molecule has 2 aromatic heterocycles. The van der Waals surface area contributed by atoms with Crippen LogP contribution >= 0.6 is 46.2 Å². The number of rotatable bonds is 3. The molecule has 188 valence electrons. The Hall–Kier alpha value is -3.00. The molecule has 36 heavy (non-hydrogen) atoms. The van der Waals surface area contributed by atoms with Crippen molar-refractivity contribution in [2.24, 2.45) is 9.98 Å². The lowest BCUT2D eigenvalue weighted by atomic mass is 10.3. The molecule has 0 spiro atoms. The molecule has 4 heterocycles. The van der Waals surface area contributed by atoms with Crippen molar-refractivity contribution in [1.82, 2.24) is 9.97 Å². The number of benzene rings is 2. The van der Waals surface area contributed by atoms with Gasteiger partial charge in [-0.1, -0.05) is 26.6 Å². The number of amides is 1. The second-order valence-electron chi connectivity index (χ2n) is 7.04. The Labute approximate surface area is 223 Å². The number of carbonyl (C=O) groups excluding carboxylic acids is 1. The lowest BCUT2D eigenvalue weighted by Crippen LogP contribution is -2.17. The average Bonchev–Trinajstić information content (AvgIpc) is 3.58.